The Balaban J connectivity index is 1.47. The first kappa shape index (κ1) is 34.1. The van der Waals surface area contributed by atoms with Gasteiger partial charge < -0.3 is 0 Å². The molecule has 0 saturated carbocycles. The minimum Gasteiger partial charge on any atom is -0.268 e. The summed E-state index contributed by atoms with van der Waals surface area (Å²) in [6.45, 7) is 8.24. The number of carbonyl (C=O) groups excluding carboxylic acids is 4. The highest BCUT2D eigenvalue weighted by Crippen LogP contribution is 2.57. The Kier molecular flexibility index (Phi) is 8.10. The zero-order valence-corrected chi connectivity index (χ0v) is 28.8. The van der Waals surface area contributed by atoms with Crippen LogP contribution in [0, 0.1) is 0 Å². The molecule has 0 bridgehead atoms. The van der Waals surface area contributed by atoms with Crippen LogP contribution in [0.4, 0.5) is 37.7 Å². The zero-order valence-electron chi connectivity index (χ0n) is 26.5. The summed E-state index contributed by atoms with van der Waals surface area (Å²) in [6, 6.07) is 16.4. The van der Waals surface area contributed by atoms with Crippen molar-refractivity contribution in [3.8, 4) is 0 Å². The summed E-state index contributed by atoms with van der Waals surface area (Å²) in [5, 5.41) is 2.04. The molecule has 4 aromatic carbocycles. The van der Waals surface area contributed by atoms with E-state index in [1.165, 1.54) is 24.3 Å². The van der Waals surface area contributed by atoms with Gasteiger partial charge in [0.25, 0.3) is 23.6 Å². The van der Waals surface area contributed by atoms with Crippen LogP contribution in [0.15, 0.2) is 84.9 Å². The molecule has 6 nitrogen and oxygen atoms in total. The maximum atomic E-state index is 15.1. The highest BCUT2D eigenvalue weighted by molar-refractivity contribution is 6.71. The molecule has 2 heterocycles. The normalized spacial score (nSPS) is 15.2. The molecule has 0 saturated heterocycles. The zero-order chi connectivity index (χ0) is 35.8. The summed E-state index contributed by atoms with van der Waals surface area (Å²) >= 11 is 0. The summed E-state index contributed by atoms with van der Waals surface area (Å²) in [5.74, 6) is -3.94. The van der Waals surface area contributed by atoms with Gasteiger partial charge in [0, 0.05) is 0 Å². The quantitative estimate of drug-likeness (QED) is 0.138. The molecule has 0 radical (unpaired) electrons. The molecule has 2 aliphatic heterocycles. The molecule has 252 valence electrons. The van der Waals surface area contributed by atoms with Crippen LogP contribution in [0.1, 0.15) is 52.6 Å². The first-order valence-electron chi connectivity index (χ1n) is 15.3. The van der Waals surface area contributed by atoms with Crippen molar-refractivity contribution in [1.29, 1.82) is 0 Å². The Hall–Kier alpha value is -4.83. The minimum atomic E-state index is -6.06. The second-order valence-corrected chi connectivity index (χ2v) is 18.6. The van der Waals surface area contributed by atoms with Crippen molar-refractivity contribution in [3.05, 3.63) is 118 Å². The number of hydrogen-bond donors (Lipinski definition) is 0. The highest BCUT2D eigenvalue weighted by Gasteiger charge is 2.73. The molecule has 0 N–H and O–H groups in total. The van der Waals surface area contributed by atoms with Crippen molar-refractivity contribution < 1.29 is 45.5 Å². The lowest BCUT2D eigenvalue weighted by Crippen LogP contribution is -2.55. The summed E-state index contributed by atoms with van der Waals surface area (Å²) in [4.78, 5) is 54.9. The molecule has 4 amide bonds. The van der Waals surface area contributed by atoms with Gasteiger partial charge in [-0.25, -0.2) is 9.80 Å². The standard InChI is InChI=1S/C35H28F6N2O4Si2/c1-48(2)23-11-7-21(8-12-23)42-29(44)25-15-5-19(17-27(25)31(42)46)33(34(36,37)38,35(39,40)41)20-6-16-26-28(18-20)32(47)43(30(26)45)22-9-13-24(14-10-22)49(3)4/h5-18,48-49H,1-4H3. The van der Waals surface area contributed by atoms with Crippen molar-refractivity contribution in [1.82, 2.24) is 0 Å². The number of hydrogen-bond acceptors (Lipinski definition) is 4. The number of fused-ring (bicyclic) bond motifs is 2. The van der Waals surface area contributed by atoms with E-state index in [1.54, 1.807) is 24.3 Å². The molecule has 6 rings (SSSR count). The monoisotopic (exact) mass is 710 g/mol. The Morgan fingerprint density at radius 2 is 0.755 bits per heavy atom. The van der Waals surface area contributed by atoms with E-state index >= 15 is 26.3 Å². The van der Waals surface area contributed by atoms with Gasteiger partial charge in [-0.3, -0.25) is 19.2 Å². The molecule has 4 aromatic rings. The van der Waals surface area contributed by atoms with E-state index in [9.17, 15) is 19.2 Å². The predicted octanol–water partition coefficient (Wildman–Crippen LogP) is 6.09. The van der Waals surface area contributed by atoms with Crippen molar-refractivity contribution in [3.63, 3.8) is 0 Å². The summed E-state index contributed by atoms with van der Waals surface area (Å²) in [7, 11) is -2.49. The number of nitrogens with zero attached hydrogens (tertiary/aromatic N) is 2. The lowest BCUT2D eigenvalue weighted by atomic mass is 9.71. The average molecular weight is 711 g/mol. The lowest BCUT2D eigenvalue weighted by molar-refractivity contribution is -0.288. The summed E-state index contributed by atoms with van der Waals surface area (Å²) < 4.78 is 90.9. The molecule has 49 heavy (non-hydrogen) atoms. The van der Waals surface area contributed by atoms with Crippen molar-refractivity contribution in [2.45, 2.75) is 44.0 Å². The number of halogens is 6. The van der Waals surface area contributed by atoms with Crippen molar-refractivity contribution in [2.75, 3.05) is 9.80 Å². The molecular weight excluding hydrogens is 683 g/mol. The molecule has 0 fully saturated rings. The van der Waals surface area contributed by atoms with E-state index in [4.69, 9.17) is 0 Å². The largest absolute Gasteiger partial charge is 0.411 e. The topological polar surface area (TPSA) is 74.8 Å². The van der Waals surface area contributed by atoms with Crippen molar-refractivity contribution >= 4 is 63.0 Å². The third-order valence-electron chi connectivity index (χ3n) is 9.13. The van der Waals surface area contributed by atoms with E-state index < -0.39 is 81.2 Å². The maximum absolute atomic E-state index is 15.1. The Morgan fingerprint density at radius 3 is 1.04 bits per heavy atom. The lowest BCUT2D eigenvalue weighted by Gasteiger charge is -2.38. The summed E-state index contributed by atoms with van der Waals surface area (Å²) in [5.41, 5.74) is -9.23. The fourth-order valence-electron chi connectivity index (χ4n) is 6.42. The number of amides is 4. The van der Waals surface area contributed by atoms with E-state index in [-0.39, 0.29) is 22.5 Å². The van der Waals surface area contributed by atoms with Gasteiger partial charge >= 0.3 is 12.4 Å². The van der Waals surface area contributed by atoms with Gasteiger partial charge in [0.05, 0.1) is 51.2 Å². The van der Waals surface area contributed by atoms with E-state index in [0.717, 1.165) is 22.5 Å². The average Bonchev–Trinajstić information content (AvgIpc) is 3.43. The number of anilines is 2. The molecule has 0 aliphatic carbocycles. The van der Waals surface area contributed by atoms with Gasteiger partial charge in [-0.1, -0.05) is 73.0 Å². The maximum Gasteiger partial charge on any atom is 0.411 e. The van der Waals surface area contributed by atoms with Crippen LogP contribution in [0.3, 0.4) is 0 Å². The first-order chi connectivity index (χ1) is 22.9. The smallest absolute Gasteiger partial charge is 0.268 e. The molecule has 0 atom stereocenters. The van der Waals surface area contributed by atoms with Crippen LogP contribution >= 0.6 is 0 Å². The van der Waals surface area contributed by atoms with Gasteiger partial charge in [-0.2, -0.15) is 26.3 Å². The highest BCUT2D eigenvalue weighted by atomic mass is 28.3. The fourth-order valence-corrected chi connectivity index (χ4v) is 8.34. The van der Waals surface area contributed by atoms with E-state index in [0.29, 0.717) is 34.1 Å². The van der Waals surface area contributed by atoms with Crippen LogP contribution in [0.25, 0.3) is 0 Å². The van der Waals surface area contributed by atoms with Gasteiger partial charge in [-0.15, -0.1) is 0 Å². The SMILES string of the molecule is C[SiH](C)c1ccc(N2C(=O)c3ccc(C(c4ccc5c(c4)C(=O)N(c4ccc([SiH](C)C)cc4)C5=O)(C(F)(F)F)C(F)(F)F)cc3C2=O)cc1. The van der Waals surface area contributed by atoms with Gasteiger partial charge in [-0.05, 0) is 59.7 Å². The number of carbonyl (C=O) groups is 4. The van der Waals surface area contributed by atoms with Crippen molar-refractivity contribution in [2.24, 2.45) is 0 Å². The molecule has 0 spiro atoms. The summed E-state index contributed by atoms with van der Waals surface area (Å²) in [6.07, 6.45) is -12.1. The molecular formula is C35H28F6N2O4Si2. The van der Waals surface area contributed by atoms with Crippen LogP contribution in [-0.4, -0.2) is 53.6 Å². The third kappa shape index (κ3) is 5.15. The molecule has 0 unspecified atom stereocenters. The molecule has 2 aliphatic rings. The van der Waals surface area contributed by atoms with Gasteiger partial charge in [0.15, 0.2) is 0 Å². The van der Waals surface area contributed by atoms with E-state index in [2.05, 4.69) is 26.2 Å². The number of rotatable bonds is 6. The molecule has 14 heteroatoms. The predicted molar refractivity (Wildman–Crippen MR) is 178 cm³/mol. The Labute approximate surface area is 280 Å². The van der Waals surface area contributed by atoms with Crippen LogP contribution in [-0.2, 0) is 5.41 Å². The van der Waals surface area contributed by atoms with E-state index in [1.807, 2.05) is 0 Å². The number of alkyl halides is 6. The first-order valence-corrected chi connectivity index (χ1v) is 21.1. The second-order valence-electron chi connectivity index (χ2n) is 12.7. The van der Waals surface area contributed by atoms with Crippen LogP contribution < -0.4 is 20.2 Å². The minimum absolute atomic E-state index is 0.122. The number of benzene rings is 4. The van der Waals surface area contributed by atoms with Gasteiger partial charge in [0.2, 0.25) is 5.41 Å². The Bertz CT molecular complexity index is 1890. The van der Waals surface area contributed by atoms with Gasteiger partial charge in [0.1, 0.15) is 0 Å². The second kappa shape index (κ2) is 11.7. The fraction of sp³-hybridized carbons (Fsp3) is 0.200. The van der Waals surface area contributed by atoms with Crippen LogP contribution in [0.5, 0.6) is 0 Å². The Morgan fingerprint density at radius 1 is 0.449 bits per heavy atom. The third-order valence-corrected chi connectivity index (χ3v) is 12.6. The van der Waals surface area contributed by atoms with Crippen LogP contribution in [0.2, 0.25) is 26.2 Å². The molecule has 0 aromatic heterocycles. The number of imide groups is 2.